The van der Waals surface area contributed by atoms with Crippen molar-refractivity contribution in [2.75, 3.05) is 18.0 Å². The molecule has 5 heteroatoms. The van der Waals surface area contributed by atoms with Crippen LogP contribution in [0, 0.1) is 5.41 Å². The van der Waals surface area contributed by atoms with Crippen molar-refractivity contribution in [3.8, 4) is 0 Å². The minimum absolute atomic E-state index is 0.387. The first kappa shape index (κ1) is 14.8. The van der Waals surface area contributed by atoms with E-state index in [0.29, 0.717) is 5.41 Å². The maximum Gasteiger partial charge on any atom is 0.312 e. The number of fused-ring (bicyclic) bond motifs is 1. The number of hydrogen-bond donors (Lipinski definition) is 1. The van der Waals surface area contributed by atoms with Gasteiger partial charge in [-0.05, 0) is 43.9 Å². The summed E-state index contributed by atoms with van der Waals surface area (Å²) in [5, 5.41) is 10.4. The first-order chi connectivity index (χ1) is 9.96. The third-order valence-corrected chi connectivity index (χ3v) is 6.04. The lowest BCUT2D eigenvalue weighted by Crippen LogP contribution is -2.25. The van der Waals surface area contributed by atoms with Gasteiger partial charge >= 0.3 is 5.97 Å². The van der Waals surface area contributed by atoms with Crippen LogP contribution in [0.4, 0.5) is 5.13 Å². The van der Waals surface area contributed by atoms with Crippen LogP contribution >= 0.6 is 11.3 Å². The zero-order valence-electron chi connectivity index (χ0n) is 12.9. The Kier molecular flexibility index (Phi) is 3.95. The van der Waals surface area contributed by atoms with Crippen molar-refractivity contribution in [2.24, 2.45) is 5.41 Å². The number of aryl methyl sites for hydroxylation is 1. The summed E-state index contributed by atoms with van der Waals surface area (Å²) >= 11 is 1.72. The van der Waals surface area contributed by atoms with Gasteiger partial charge in [-0.1, -0.05) is 13.8 Å². The van der Waals surface area contributed by atoms with Gasteiger partial charge in [0.1, 0.15) is 5.92 Å². The molecule has 4 nitrogen and oxygen atoms in total. The number of aliphatic carboxylic acids is 1. The van der Waals surface area contributed by atoms with E-state index in [4.69, 9.17) is 4.98 Å². The molecule has 1 aliphatic carbocycles. The largest absolute Gasteiger partial charge is 0.481 e. The van der Waals surface area contributed by atoms with E-state index in [1.54, 1.807) is 11.3 Å². The highest BCUT2D eigenvalue weighted by Gasteiger charge is 2.32. The van der Waals surface area contributed by atoms with E-state index in [1.165, 1.54) is 24.1 Å². The number of aromatic nitrogens is 1. The zero-order valence-corrected chi connectivity index (χ0v) is 13.7. The molecule has 1 unspecified atom stereocenters. The second kappa shape index (κ2) is 5.59. The predicted molar refractivity (Wildman–Crippen MR) is 85.3 cm³/mol. The fourth-order valence-electron chi connectivity index (χ4n) is 3.40. The summed E-state index contributed by atoms with van der Waals surface area (Å²) in [6.45, 7) is 6.76. The number of thiazole rings is 1. The van der Waals surface area contributed by atoms with E-state index in [2.05, 4.69) is 18.7 Å². The van der Waals surface area contributed by atoms with Gasteiger partial charge in [0.2, 0.25) is 0 Å². The molecule has 116 valence electrons. The molecule has 3 rings (SSSR count). The fraction of sp³-hybridized carbons (Fsp3) is 0.750. The van der Waals surface area contributed by atoms with Crippen molar-refractivity contribution < 1.29 is 9.90 Å². The summed E-state index contributed by atoms with van der Waals surface area (Å²) in [6, 6.07) is 0. The van der Waals surface area contributed by atoms with Gasteiger partial charge in [-0.15, -0.1) is 11.3 Å². The lowest BCUT2D eigenvalue weighted by atomic mass is 9.85. The summed E-state index contributed by atoms with van der Waals surface area (Å²) in [4.78, 5) is 19.7. The van der Waals surface area contributed by atoms with E-state index in [9.17, 15) is 9.90 Å². The van der Waals surface area contributed by atoms with Crippen LogP contribution in [0.15, 0.2) is 0 Å². The molecule has 2 aliphatic rings. The Morgan fingerprint density at radius 3 is 2.90 bits per heavy atom. The number of anilines is 1. The number of rotatable bonds is 2. The summed E-state index contributed by atoms with van der Waals surface area (Å²) in [6.07, 6.45) is 6.33. The van der Waals surface area contributed by atoms with Crippen molar-refractivity contribution in [3.63, 3.8) is 0 Å². The van der Waals surface area contributed by atoms with E-state index >= 15 is 0 Å². The van der Waals surface area contributed by atoms with Gasteiger partial charge in [0.25, 0.3) is 0 Å². The molecule has 0 spiro atoms. The summed E-state index contributed by atoms with van der Waals surface area (Å²) in [5.74, 6) is -1.10. The number of carbonyl (C=O) groups is 1. The first-order valence-corrected chi connectivity index (χ1v) is 8.75. The molecule has 2 heterocycles. The maximum atomic E-state index is 11.4. The van der Waals surface area contributed by atoms with Crippen molar-refractivity contribution in [1.82, 2.24) is 4.98 Å². The highest BCUT2D eigenvalue weighted by Crippen LogP contribution is 2.39. The summed E-state index contributed by atoms with van der Waals surface area (Å²) < 4.78 is 0. The van der Waals surface area contributed by atoms with Crippen molar-refractivity contribution in [3.05, 3.63) is 10.6 Å². The molecule has 1 aliphatic heterocycles. The Balaban J connectivity index is 1.82. The molecular formula is C16H24N2O2S. The second-order valence-corrected chi connectivity index (χ2v) is 8.15. The Hall–Kier alpha value is -1.10. The fourth-order valence-corrected chi connectivity index (χ4v) is 4.61. The quantitative estimate of drug-likeness (QED) is 0.906. The van der Waals surface area contributed by atoms with Crippen LogP contribution in [-0.2, 0) is 11.2 Å². The average molecular weight is 308 g/mol. The summed E-state index contributed by atoms with van der Waals surface area (Å²) in [5.41, 5.74) is 1.26. The number of hydrogen-bond acceptors (Lipinski definition) is 4. The second-order valence-electron chi connectivity index (χ2n) is 7.09. The molecule has 1 N–H and O–H groups in total. The van der Waals surface area contributed by atoms with Gasteiger partial charge in [0.15, 0.2) is 5.13 Å². The normalized spacial score (nSPS) is 25.2. The maximum absolute atomic E-state index is 11.4. The van der Waals surface area contributed by atoms with Gasteiger partial charge in [-0.25, -0.2) is 4.98 Å². The molecule has 0 aromatic carbocycles. The van der Waals surface area contributed by atoms with Crippen LogP contribution in [0.2, 0.25) is 0 Å². The van der Waals surface area contributed by atoms with Gasteiger partial charge < -0.3 is 10.0 Å². The average Bonchev–Trinajstić information content (AvgIpc) is 2.77. The van der Waals surface area contributed by atoms with Gasteiger partial charge in [0.05, 0.1) is 5.69 Å². The van der Waals surface area contributed by atoms with Gasteiger partial charge in [0, 0.05) is 18.0 Å². The van der Waals surface area contributed by atoms with Crippen LogP contribution < -0.4 is 4.90 Å². The number of nitrogens with zero attached hydrogens (tertiary/aromatic N) is 2. The van der Waals surface area contributed by atoms with Crippen LogP contribution in [0.1, 0.15) is 62.4 Å². The standard InChI is InChI=1S/C16H24N2O2S/c1-16(2)7-4-9-18(10-8-16)15-17-13-11(14(19)20)5-3-6-12(13)21-15/h11H,3-10H2,1-2H3,(H,19,20). The number of carboxylic acids is 1. The van der Waals surface area contributed by atoms with Crippen molar-refractivity contribution in [1.29, 1.82) is 0 Å². The minimum atomic E-state index is -0.718. The molecule has 0 radical (unpaired) electrons. The smallest absolute Gasteiger partial charge is 0.312 e. The minimum Gasteiger partial charge on any atom is -0.481 e. The molecule has 1 aromatic rings. The number of carboxylic acid groups (broad SMARTS) is 1. The highest BCUT2D eigenvalue weighted by molar-refractivity contribution is 7.15. The van der Waals surface area contributed by atoms with E-state index in [-0.39, 0.29) is 5.92 Å². The first-order valence-electron chi connectivity index (χ1n) is 7.94. The molecular weight excluding hydrogens is 284 g/mol. The molecule has 21 heavy (non-hydrogen) atoms. The van der Waals surface area contributed by atoms with E-state index in [1.807, 2.05) is 0 Å². The van der Waals surface area contributed by atoms with Gasteiger partial charge in [-0.2, -0.15) is 0 Å². The van der Waals surface area contributed by atoms with Crippen LogP contribution in [-0.4, -0.2) is 29.1 Å². The van der Waals surface area contributed by atoms with Crippen LogP contribution in [0.3, 0.4) is 0 Å². The lowest BCUT2D eigenvalue weighted by molar-refractivity contribution is -0.139. The van der Waals surface area contributed by atoms with Crippen molar-refractivity contribution >= 4 is 22.4 Å². The van der Waals surface area contributed by atoms with Crippen LogP contribution in [0.5, 0.6) is 0 Å². The third-order valence-electron chi connectivity index (χ3n) is 4.85. The molecule has 0 amide bonds. The lowest BCUT2D eigenvalue weighted by Gasteiger charge is -2.23. The molecule has 1 aromatic heterocycles. The topological polar surface area (TPSA) is 53.4 Å². The summed E-state index contributed by atoms with van der Waals surface area (Å²) in [7, 11) is 0. The molecule has 1 atom stereocenters. The zero-order chi connectivity index (χ0) is 15.0. The molecule has 0 bridgehead atoms. The monoisotopic (exact) mass is 308 g/mol. The predicted octanol–water partition coefficient (Wildman–Crippen LogP) is 3.66. The molecule has 1 saturated heterocycles. The Morgan fingerprint density at radius 1 is 1.33 bits per heavy atom. The molecule has 0 saturated carbocycles. The Labute approximate surface area is 130 Å². The van der Waals surface area contributed by atoms with Crippen LogP contribution in [0.25, 0.3) is 0 Å². The van der Waals surface area contributed by atoms with Crippen molar-refractivity contribution in [2.45, 2.75) is 58.3 Å². The van der Waals surface area contributed by atoms with E-state index < -0.39 is 5.97 Å². The van der Waals surface area contributed by atoms with Gasteiger partial charge in [-0.3, -0.25) is 4.79 Å². The molecule has 1 fully saturated rings. The van der Waals surface area contributed by atoms with E-state index in [0.717, 1.165) is 43.2 Å². The third kappa shape index (κ3) is 3.07. The Morgan fingerprint density at radius 2 is 2.14 bits per heavy atom. The Bertz CT molecular complexity index is 538. The SMILES string of the molecule is CC1(C)CCCN(c2nc3c(s2)CCCC3C(=O)O)CC1. The highest BCUT2D eigenvalue weighted by atomic mass is 32.1.